The monoisotopic (exact) mass is 294 g/mol. The Hall–Kier alpha value is -0.130. The van der Waals surface area contributed by atoms with E-state index in [2.05, 4.69) is 22.6 Å². The van der Waals surface area contributed by atoms with E-state index in [0.29, 0.717) is 12.8 Å². The minimum atomic E-state index is -0.881. The number of carbonyl (C=O) groups is 2. The molecule has 0 radical (unpaired) electrons. The van der Waals surface area contributed by atoms with E-state index in [0.717, 1.165) is 0 Å². The van der Waals surface area contributed by atoms with Gasteiger partial charge in [-0.25, -0.2) is 0 Å². The average Bonchev–Trinajstić information content (AvgIpc) is 2.18. The number of esters is 1. The van der Waals surface area contributed by atoms with Crippen LogP contribution in [-0.4, -0.2) is 21.3 Å². The van der Waals surface area contributed by atoms with Crippen LogP contribution in [0.3, 0.4) is 0 Å². The maximum absolute atomic E-state index is 11.6. The van der Waals surface area contributed by atoms with Crippen LogP contribution in [0.15, 0.2) is 0 Å². The molecule has 1 heterocycles. The van der Waals surface area contributed by atoms with E-state index in [1.165, 1.54) is 0 Å². The first-order valence-corrected chi connectivity index (χ1v) is 5.56. The normalized spacial score (nSPS) is 49.3. The molecule has 4 heteroatoms. The third-order valence-corrected chi connectivity index (χ3v) is 5.78. The number of ketones is 1. The molecular formula is C9H11IO3. The highest BCUT2D eigenvalue weighted by Gasteiger charge is 2.65. The molecule has 0 aromatic heterocycles. The van der Waals surface area contributed by atoms with Gasteiger partial charge in [0.25, 0.3) is 0 Å². The first-order chi connectivity index (χ1) is 5.91. The summed E-state index contributed by atoms with van der Waals surface area (Å²) in [5.41, 5.74) is -1.30. The van der Waals surface area contributed by atoms with Crippen molar-refractivity contribution in [2.45, 2.75) is 36.2 Å². The van der Waals surface area contributed by atoms with Crippen molar-refractivity contribution in [2.24, 2.45) is 5.41 Å². The summed E-state index contributed by atoms with van der Waals surface area (Å²) in [5.74, 6) is -0.302. The molecule has 1 saturated carbocycles. The van der Waals surface area contributed by atoms with Crippen LogP contribution in [-0.2, 0) is 14.3 Å². The van der Waals surface area contributed by atoms with Gasteiger partial charge in [0.2, 0.25) is 0 Å². The Morgan fingerprint density at radius 2 is 2.08 bits per heavy atom. The lowest BCUT2D eigenvalue weighted by Crippen LogP contribution is -2.48. The van der Waals surface area contributed by atoms with Crippen molar-refractivity contribution >= 4 is 34.3 Å². The van der Waals surface area contributed by atoms with Gasteiger partial charge in [0.1, 0.15) is 11.0 Å². The molecule has 2 fully saturated rings. The molecule has 0 spiro atoms. The molecule has 0 N–H and O–H groups in total. The van der Waals surface area contributed by atoms with E-state index in [-0.39, 0.29) is 15.7 Å². The van der Waals surface area contributed by atoms with Crippen LogP contribution in [0.5, 0.6) is 0 Å². The van der Waals surface area contributed by atoms with E-state index in [4.69, 9.17) is 4.74 Å². The molecule has 0 amide bonds. The number of ether oxygens (including phenoxy) is 1. The fraction of sp³-hybridized carbons (Fsp3) is 0.778. The van der Waals surface area contributed by atoms with Crippen molar-refractivity contribution in [2.75, 3.05) is 0 Å². The third kappa shape index (κ3) is 0.951. The minimum absolute atomic E-state index is 0.0219. The fourth-order valence-electron chi connectivity index (χ4n) is 2.14. The molecular weight excluding hydrogens is 283 g/mol. The molecule has 1 aliphatic heterocycles. The number of carbonyl (C=O) groups excluding carboxylic acids is 2. The lowest BCUT2D eigenvalue weighted by molar-refractivity contribution is -0.152. The molecule has 0 aromatic carbocycles. The largest absolute Gasteiger partial charge is 0.457 e. The lowest BCUT2D eigenvalue weighted by atomic mass is 9.71. The molecule has 72 valence electrons. The lowest BCUT2D eigenvalue weighted by Gasteiger charge is -2.34. The first kappa shape index (κ1) is 9.43. The summed E-state index contributed by atoms with van der Waals surface area (Å²) in [6.45, 7) is 3.62. The first-order valence-electron chi connectivity index (χ1n) is 4.32. The van der Waals surface area contributed by atoms with E-state index in [9.17, 15) is 9.59 Å². The zero-order chi connectivity index (χ0) is 9.85. The number of fused-ring (bicyclic) bond motifs is 2. The summed E-state index contributed by atoms with van der Waals surface area (Å²) in [6, 6.07) is 0. The molecule has 3 atom stereocenters. The van der Waals surface area contributed by atoms with Gasteiger partial charge >= 0.3 is 5.97 Å². The van der Waals surface area contributed by atoms with Crippen LogP contribution < -0.4 is 0 Å². The highest BCUT2D eigenvalue weighted by molar-refractivity contribution is 14.1. The van der Waals surface area contributed by atoms with Gasteiger partial charge < -0.3 is 4.74 Å². The summed E-state index contributed by atoms with van der Waals surface area (Å²) >= 11 is 2.17. The maximum atomic E-state index is 11.6. The molecule has 0 unspecified atom stereocenters. The van der Waals surface area contributed by atoms with Crippen molar-refractivity contribution in [1.82, 2.24) is 0 Å². The Bertz CT molecular complexity index is 301. The number of halogens is 1. The second-order valence-corrected chi connectivity index (χ2v) is 5.44. The van der Waals surface area contributed by atoms with Gasteiger partial charge in [-0.3, -0.25) is 9.59 Å². The predicted octanol–water partition coefficient (Wildman–Crippen LogP) is 1.47. The minimum Gasteiger partial charge on any atom is -0.457 e. The van der Waals surface area contributed by atoms with E-state index >= 15 is 0 Å². The Morgan fingerprint density at radius 3 is 2.62 bits per heavy atom. The molecule has 2 bridgehead atoms. The second-order valence-electron chi connectivity index (χ2n) is 4.19. The standard InChI is InChI=1S/C9H11IO3/c1-8-4-3-5(11)9(2,6(8)10)7(12)13-8/h6H,3-4H2,1-2H3/t6-,8-,9+/m0/s1. The molecule has 13 heavy (non-hydrogen) atoms. The van der Waals surface area contributed by atoms with Crippen molar-refractivity contribution < 1.29 is 14.3 Å². The smallest absolute Gasteiger partial charge is 0.321 e. The Balaban J connectivity index is 2.52. The third-order valence-electron chi connectivity index (χ3n) is 3.22. The molecule has 2 rings (SSSR count). The number of hydrogen-bond acceptors (Lipinski definition) is 3. The van der Waals surface area contributed by atoms with Gasteiger partial charge in [-0.2, -0.15) is 0 Å². The van der Waals surface area contributed by atoms with Gasteiger partial charge in [-0.15, -0.1) is 0 Å². The van der Waals surface area contributed by atoms with Gasteiger partial charge in [0.15, 0.2) is 5.78 Å². The summed E-state index contributed by atoms with van der Waals surface area (Å²) in [6.07, 6.45) is 1.14. The number of alkyl halides is 1. The summed E-state index contributed by atoms with van der Waals surface area (Å²) in [7, 11) is 0. The Kier molecular flexibility index (Phi) is 1.78. The highest BCUT2D eigenvalue weighted by Crippen LogP contribution is 2.52. The van der Waals surface area contributed by atoms with E-state index in [1.807, 2.05) is 6.92 Å². The summed E-state index contributed by atoms with van der Waals surface area (Å²) in [4.78, 5) is 23.2. The summed E-state index contributed by atoms with van der Waals surface area (Å²) < 4.78 is 5.27. The molecule has 2 aliphatic rings. The Morgan fingerprint density at radius 1 is 1.46 bits per heavy atom. The number of rotatable bonds is 0. The zero-order valence-electron chi connectivity index (χ0n) is 7.59. The van der Waals surface area contributed by atoms with Crippen LogP contribution in [0.1, 0.15) is 26.7 Å². The second kappa shape index (κ2) is 2.46. The van der Waals surface area contributed by atoms with E-state index < -0.39 is 11.0 Å². The Labute approximate surface area is 90.3 Å². The van der Waals surface area contributed by atoms with Crippen molar-refractivity contribution in [1.29, 1.82) is 0 Å². The zero-order valence-corrected chi connectivity index (χ0v) is 9.75. The van der Waals surface area contributed by atoms with Gasteiger partial charge in [0, 0.05) is 6.42 Å². The molecule has 1 aliphatic carbocycles. The van der Waals surface area contributed by atoms with Crippen molar-refractivity contribution in [3.8, 4) is 0 Å². The predicted molar refractivity (Wildman–Crippen MR) is 54.7 cm³/mol. The topological polar surface area (TPSA) is 43.4 Å². The quantitative estimate of drug-likeness (QED) is 0.294. The van der Waals surface area contributed by atoms with Gasteiger partial charge in [0.05, 0.1) is 3.92 Å². The number of hydrogen-bond donors (Lipinski definition) is 0. The maximum Gasteiger partial charge on any atom is 0.321 e. The van der Waals surface area contributed by atoms with Crippen molar-refractivity contribution in [3.63, 3.8) is 0 Å². The fourth-order valence-corrected chi connectivity index (χ4v) is 3.18. The summed E-state index contributed by atoms with van der Waals surface area (Å²) in [5, 5.41) is 0. The van der Waals surface area contributed by atoms with Crippen LogP contribution in [0, 0.1) is 5.41 Å². The van der Waals surface area contributed by atoms with Crippen LogP contribution in [0.4, 0.5) is 0 Å². The number of Topliss-reactive ketones (excluding diaryl/α,β-unsaturated/α-hetero) is 1. The van der Waals surface area contributed by atoms with Crippen LogP contribution >= 0.6 is 22.6 Å². The molecule has 1 saturated heterocycles. The van der Waals surface area contributed by atoms with Crippen LogP contribution in [0.25, 0.3) is 0 Å². The van der Waals surface area contributed by atoms with Gasteiger partial charge in [-0.1, -0.05) is 22.6 Å². The van der Waals surface area contributed by atoms with Crippen LogP contribution in [0.2, 0.25) is 0 Å². The van der Waals surface area contributed by atoms with Crippen molar-refractivity contribution in [3.05, 3.63) is 0 Å². The molecule has 3 nitrogen and oxygen atoms in total. The molecule has 0 aromatic rings. The average molecular weight is 294 g/mol. The highest BCUT2D eigenvalue weighted by atomic mass is 127. The van der Waals surface area contributed by atoms with E-state index in [1.54, 1.807) is 6.92 Å². The van der Waals surface area contributed by atoms with Gasteiger partial charge in [-0.05, 0) is 20.3 Å². The SMILES string of the molecule is C[C@]12C(=O)CC[C@](C)(OC1=O)[C@@H]2I.